The van der Waals surface area contributed by atoms with Crippen LogP contribution in [0.5, 0.6) is 0 Å². The Kier molecular flexibility index (Phi) is 8.75. The summed E-state index contributed by atoms with van der Waals surface area (Å²) in [4.78, 5) is 45.9. The molecule has 0 aliphatic carbocycles. The number of hydrogen-bond donors (Lipinski definition) is 2. The SMILES string of the molecule is C[C@H]1C[C@@H](c2nc(-c3ccc(C#Cc4ccc5[nH]c([C@@H]6C[C@H](C)CN6C(=O)OC(C)(C)C)nc5c4)cc3)c[nH]2)N(C(=O)OC(C)(C)C)C1. The van der Waals surface area contributed by atoms with Gasteiger partial charge < -0.3 is 19.4 Å². The number of aromatic nitrogens is 4. The molecule has 0 unspecified atom stereocenters. The standard InChI is InChI=1S/C38H46N6O4/c1-23-17-31(43(21-23)35(45)47-37(3,4)5)33-39-20-30(42-33)27-14-11-25(12-15-27)9-10-26-13-16-28-29(19-26)41-34(40-28)32-18-24(2)22-44(32)36(46)48-38(6,7)8/h11-16,19-20,23-24,31-32H,17-18,21-22H2,1-8H3,(H,39,42)(H,40,41)/t23-,24-,31-,32-/m0/s1. The summed E-state index contributed by atoms with van der Waals surface area (Å²) in [5.41, 5.74) is 4.12. The molecule has 2 aromatic heterocycles. The maximum atomic E-state index is 12.9. The lowest BCUT2D eigenvalue weighted by molar-refractivity contribution is 0.0204. The highest BCUT2D eigenvalue weighted by Gasteiger charge is 2.39. The second kappa shape index (κ2) is 12.7. The minimum absolute atomic E-state index is 0.151. The van der Waals surface area contributed by atoms with Gasteiger partial charge in [0, 0.05) is 36.0 Å². The van der Waals surface area contributed by atoms with Crippen LogP contribution < -0.4 is 0 Å². The number of nitrogens with zero attached hydrogens (tertiary/aromatic N) is 4. The molecule has 10 heteroatoms. The molecule has 6 rings (SSSR count). The van der Waals surface area contributed by atoms with Crippen LogP contribution in [-0.2, 0) is 9.47 Å². The third kappa shape index (κ3) is 7.51. The van der Waals surface area contributed by atoms with Crippen LogP contribution in [0.15, 0.2) is 48.7 Å². The van der Waals surface area contributed by atoms with Crippen molar-refractivity contribution in [1.82, 2.24) is 29.7 Å². The number of benzene rings is 2. The zero-order chi connectivity index (χ0) is 34.4. The van der Waals surface area contributed by atoms with Crippen LogP contribution >= 0.6 is 0 Å². The largest absolute Gasteiger partial charge is 0.444 e. The van der Waals surface area contributed by atoms with Crippen LogP contribution in [0.1, 0.15) is 103 Å². The van der Waals surface area contributed by atoms with Gasteiger partial charge in [-0.2, -0.15) is 0 Å². The zero-order valence-electron chi connectivity index (χ0n) is 29.2. The quantitative estimate of drug-likeness (QED) is 0.217. The number of ether oxygens (including phenoxy) is 2. The molecule has 2 fully saturated rings. The molecule has 0 saturated carbocycles. The molecular weight excluding hydrogens is 604 g/mol. The van der Waals surface area contributed by atoms with Gasteiger partial charge in [-0.25, -0.2) is 19.6 Å². The van der Waals surface area contributed by atoms with E-state index in [4.69, 9.17) is 19.4 Å². The Balaban J connectivity index is 1.14. The smallest absolute Gasteiger partial charge is 0.410 e. The van der Waals surface area contributed by atoms with Crippen molar-refractivity contribution in [1.29, 1.82) is 0 Å². The zero-order valence-corrected chi connectivity index (χ0v) is 29.2. The Labute approximate surface area is 282 Å². The number of aromatic amines is 2. The molecule has 2 amide bonds. The van der Waals surface area contributed by atoms with Gasteiger partial charge in [0.25, 0.3) is 0 Å². The Morgan fingerprint density at radius 1 is 0.771 bits per heavy atom. The van der Waals surface area contributed by atoms with Crippen LogP contribution in [0.2, 0.25) is 0 Å². The van der Waals surface area contributed by atoms with E-state index in [9.17, 15) is 9.59 Å². The molecule has 4 atom stereocenters. The molecule has 0 radical (unpaired) electrons. The molecule has 4 aromatic rings. The van der Waals surface area contributed by atoms with Crippen molar-refractivity contribution >= 4 is 23.2 Å². The lowest BCUT2D eigenvalue weighted by atomic mass is 10.1. The predicted octanol–water partition coefficient (Wildman–Crippen LogP) is 7.99. The lowest BCUT2D eigenvalue weighted by Gasteiger charge is -2.27. The van der Waals surface area contributed by atoms with Gasteiger partial charge in [0.15, 0.2) is 0 Å². The molecule has 0 bridgehead atoms. The summed E-state index contributed by atoms with van der Waals surface area (Å²) in [7, 11) is 0. The second-order valence-electron chi connectivity index (χ2n) is 15.3. The first kappa shape index (κ1) is 33.1. The van der Waals surface area contributed by atoms with E-state index in [1.54, 1.807) is 9.80 Å². The van der Waals surface area contributed by atoms with Crippen molar-refractivity contribution in [3.05, 3.63) is 71.4 Å². The first-order valence-corrected chi connectivity index (χ1v) is 16.8. The van der Waals surface area contributed by atoms with Crippen molar-refractivity contribution in [2.24, 2.45) is 11.8 Å². The summed E-state index contributed by atoms with van der Waals surface area (Å²) in [5, 5.41) is 0. The number of likely N-dealkylation sites (tertiary alicyclic amines) is 2. The number of nitrogens with one attached hydrogen (secondary N) is 2. The topological polar surface area (TPSA) is 116 Å². The molecule has 4 heterocycles. The van der Waals surface area contributed by atoms with Gasteiger partial charge in [0.2, 0.25) is 0 Å². The molecule has 2 saturated heterocycles. The normalized spacial score (nSPS) is 21.3. The minimum Gasteiger partial charge on any atom is -0.444 e. The Morgan fingerprint density at radius 3 is 1.90 bits per heavy atom. The average molecular weight is 651 g/mol. The molecule has 2 N–H and O–H groups in total. The van der Waals surface area contributed by atoms with Gasteiger partial charge in [0.1, 0.15) is 22.9 Å². The van der Waals surface area contributed by atoms with E-state index >= 15 is 0 Å². The third-order valence-corrected chi connectivity index (χ3v) is 8.54. The van der Waals surface area contributed by atoms with Crippen LogP contribution in [0, 0.1) is 23.7 Å². The van der Waals surface area contributed by atoms with E-state index in [2.05, 4.69) is 35.7 Å². The number of amides is 2. The van der Waals surface area contributed by atoms with Gasteiger partial charge >= 0.3 is 12.2 Å². The number of carbonyl (C=O) groups excluding carboxylic acids is 2. The van der Waals surface area contributed by atoms with Gasteiger partial charge in [-0.15, -0.1) is 0 Å². The summed E-state index contributed by atoms with van der Waals surface area (Å²) in [6.45, 7) is 16.9. The predicted molar refractivity (Wildman–Crippen MR) is 185 cm³/mol. The fourth-order valence-electron chi connectivity index (χ4n) is 6.44. The number of imidazole rings is 2. The summed E-state index contributed by atoms with van der Waals surface area (Å²) in [6.07, 6.45) is 2.93. The molecule has 10 nitrogen and oxygen atoms in total. The highest BCUT2D eigenvalue weighted by molar-refractivity contribution is 5.77. The summed E-state index contributed by atoms with van der Waals surface area (Å²) in [5.74, 6) is 8.77. The Morgan fingerprint density at radius 2 is 1.31 bits per heavy atom. The van der Waals surface area contributed by atoms with Gasteiger partial charge in [0.05, 0.1) is 28.8 Å². The van der Waals surface area contributed by atoms with Gasteiger partial charge in [-0.3, -0.25) is 9.80 Å². The molecule has 2 aliphatic heterocycles. The minimum atomic E-state index is -0.557. The molecule has 0 spiro atoms. The maximum Gasteiger partial charge on any atom is 0.410 e. The number of hydrogen-bond acceptors (Lipinski definition) is 6. The molecular formula is C38H46N6O4. The van der Waals surface area contributed by atoms with Gasteiger partial charge in [-0.05, 0) is 96.6 Å². The second-order valence-corrected chi connectivity index (χ2v) is 15.3. The maximum absolute atomic E-state index is 12.9. The number of fused-ring (bicyclic) bond motifs is 1. The van der Waals surface area contributed by atoms with Crippen molar-refractivity contribution in [2.75, 3.05) is 13.1 Å². The van der Waals surface area contributed by atoms with Crippen molar-refractivity contribution < 1.29 is 19.1 Å². The van der Waals surface area contributed by atoms with Crippen LogP contribution in [0.25, 0.3) is 22.3 Å². The highest BCUT2D eigenvalue weighted by Crippen LogP contribution is 2.37. The average Bonchev–Trinajstić information content (AvgIpc) is 3.79. The van der Waals surface area contributed by atoms with Crippen LogP contribution in [0.4, 0.5) is 9.59 Å². The van der Waals surface area contributed by atoms with E-state index in [1.807, 2.05) is 90.2 Å². The third-order valence-electron chi connectivity index (χ3n) is 8.54. The number of carbonyl (C=O) groups is 2. The van der Waals surface area contributed by atoms with E-state index in [0.717, 1.165) is 57.9 Å². The molecule has 2 aliphatic rings. The highest BCUT2D eigenvalue weighted by atomic mass is 16.6. The number of rotatable bonds is 3. The molecule has 252 valence electrons. The van der Waals surface area contributed by atoms with Gasteiger partial charge in [-0.1, -0.05) is 37.8 Å². The lowest BCUT2D eigenvalue weighted by Crippen LogP contribution is -2.37. The Hall–Kier alpha value is -4.78. The van der Waals surface area contributed by atoms with Crippen molar-refractivity contribution in [3.8, 4) is 23.1 Å². The van der Waals surface area contributed by atoms with Crippen LogP contribution in [-0.4, -0.2) is 66.2 Å². The van der Waals surface area contributed by atoms with E-state index in [0.29, 0.717) is 24.9 Å². The van der Waals surface area contributed by atoms with E-state index < -0.39 is 11.2 Å². The van der Waals surface area contributed by atoms with Crippen molar-refractivity contribution in [3.63, 3.8) is 0 Å². The molecule has 48 heavy (non-hydrogen) atoms. The van der Waals surface area contributed by atoms with E-state index in [1.165, 1.54) is 0 Å². The monoisotopic (exact) mass is 650 g/mol. The Bertz CT molecular complexity index is 1870. The summed E-state index contributed by atoms with van der Waals surface area (Å²) >= 11 is 0. The summed E-state index contributed by atoms with van der Waals surface area (Å²) in [6, 6.07) is 13.6. The van der Waals surface area contributed by atoms with Crippen LogP contribution in [0.3, 0.4) is 0 Å². The first-order valence-electron chi connectivity index (χ1n) is 16.8. The fraction of sp³-hybridized carbons (Fsp3) is 0.474. The van der Waals surface area contributed by atoms with E-state index in [-0.39, 0.29) is 24.3 Å². The summed E-state index contributed by atoms with van der Waals surface area (Å²) < 4.78 is 11.3. The molecule has 2 aromatic carbocycles. The fourth-order valence-corrected chi connectivity index (χ4v) is 6.44. The van der Waals surface area contributed by atoms with Crippen molar-refractivity contribution in [2.45, 2.75) is 91.5 Å². The number of H-pyrrole nitrogens is 2. The first-order chi connectivity index (χ1) is 22.6.